The zero-order chi connectivity index (χ0) is 12.1. The van der Waals surface area contributed by atoms with Crippen molar-refractivity contribution < 1.29 is 0 Å². The van der Waals surface area contributed by atoms with Crippen LogP contribution in [0.1, 0.15) is 25.7 Å². The van der Waals surface area contributed by atoms with Crippen molar-refractivity contribution in [1.82, 2.24) is 19.5 Å². The maximum atomic E-state index is 5.72. The maximum absolute atomic E-state index is 5.72. The van der Waals surface area contributed by atoms with E-state index in [-0.39, 0.29) is 0 Å². The number of aryl methyl sites for hydroxylation is 1. The lowest BCUT2D eigenvalue weighted by Gasteiger charge is -2.03. The average molecular weight is 254 g/mol. The van der Waals surface area contributed by atoms with Gasteiger partial charge in [0.25, 0.3) is 0 Å². The predicted molar refractivity (Wildman–Crippen MR) is 68.9 cm³/mol. The molecule has 0 atom stereocenters. The van der Waals surface area contributed by atoms with E-state index in [1.807, 2.05) is 4.57 Å². The van der Waals surface area contributed by atoms with E-state index in [0.29, 0.717) is 11.3 Å². The Bertz CT molecular complexity index is 482. The highest BCUT2D eigenvalue weighted by Crippen LogP contribution is 2.15. The number of alkyl halides is 1. The third-order valence-corrected chi connectivity index (χ3v) is 2.98. The number of rotatable bonds is 6. The summed E-state index contributed by atoms with van der Waals surface area (Å²) in [5, 5.41) is 0. The molecule has 0 bridgehead atoms. The fourth-order valence-corrected chi connectivity index (χ4v) is 1.98. The van der Waals surface area contributed by atoms with Crippen LogP contribution in [-0.4, -0.2) is 25.4 Å². The molecular formula is C11H16ClN5. The zero-order valence-electron chi connectivity index (χ0n) is 9.64. The number of halogens is 1. The molecule has 0 aliphatic carbocycles. The van der Waals surface area contributed by atoms with Crippen molar-refractivity contribution in [2.24, 2.45) is 0 Å². The molecule has 0 saturated carbocycles. The summed E-state index contributed by atoms with van der Waals surface area (Å²) in [4.78, 5) is 12.3. The minimum Gasteiger partial charge on any atom is -0.382 e. The number of nitrogen functional groups attached to an aromatic ring is 1. The van der Waals surface area contributed by atoms with Crippen LogP contribution in [0.3, 0.4) is 0 Å². The lowest BCUT2D eigenvalue weighted by atomic mass is 10.2. The van der Waals surface area contributed by atoms with Crippen LogP contribution in [0.4, 0.5) is 5.82 Å². The monoisotopic (exact) mass is 253 g/mol. The first-order chi connectivity index (χ1) is 8.33. The van der Waals surface area contributed by atoms with E-state index in [1.165, 1.54) is 19.2 Å². The van der Waals surface area contributed by atoms with Gasteiger partial charge < -0.3 is 10.3 Å². The number of unbranched alkanes of at least 4 members (excludes halogenated alkanes) is 3. The first-order valence-electron chi connectivity index (χ1n) is 5.80. The highest BCUT2D eigenvalue weighted by atomic mass is 35.5. The van der Waals surface area contributed by atoms with Gasteiger partial charge in [0.2, 0.25) is 0 Å². The molecule has 92 valence electrons. The first kappa shape index (κ1) is 12.1. The molecule has 0 aliphatic rings. The fourth-order valence-electron chi connectivity index (χ4n) is 1.79. The van der Waals surface area contributed by atoms with Gasteiger partial charge in [0.05, 0.1) is 6.33 Å². The molecule has 0 aliphatic heterocycles. The third kappa shape index (κ3) is 2.85. The fraction of sp³-hybridized carbons (Fsp3) is 0.545. The average Bonchev–Trinajstić information content (AvgIpc) is 2.74. The molecule has 17 heavy (non-hydrogen) atoms. The molecule has 6 heteroatoms. The number of anilines is 1. The Kier molecular flexibility index (Phi) is 4.14. The zero-order valence-corrected chi connectivity index (χ0v) is 10.4. The highest BCUT2D eigenvalue weighted by Gasteiger charge is 2.06. The van der Waals surface area contributed by atoms with Crippen molar-refractivity contribution in [3.05, 3.63) is 12.7 Å². The van der Waals surface area contributed by atoms with Crippen LogP contribution >= 0.6 is 11.6 Å². The molecule has 0 amide bonds. The Morgan fingerprint density at radius 3 is 2.76 bits per heavy atom. The summed E-state index contributed by atoms with van der Waals surface area (Å²) in [6.45, 7) is 0.912. The van der Waals surface area contributed by atoms with Crippen molar-refractivity contribution in [3.8, 4) is 0 Å². The quantitative estimate of drug-likeness (QED) is 0.633. The normalized spacial score (nSPS) is 11.1. The van der Waals surface area contributed by atoms with Crippen LogP contribution in [-0.2, 0) is 6.54 Å². The van der Waals surface area contributed by atoms with Crippen LogP contribution in [0.15, 0.2) is 12.7 Å². The third-order valence-electron chi connectivity index (χ3n) is 2.71. The van der Waals surface area contributed by atoms with Gasteiger partial charge in [0, 0.05) is 12.4 Å². The molecule has 0 unspecified atom stereocenters. The number of hydrogen-bond donors (Lipinski definition) is 1. The molecule has 2 N–H and O–H groups in total. The topological polar surface area (TPSA) is 69.6 Å². The van der Waals surface area contributed by atoms with Gasteiger partial charge in [-0.15, -0.1) is 11.6 Å². The lowest BCUT2D eigenvalue weighted by molar-refractivity contribution is 0.590. The maximum Gasteiger partial charge on any atom is 0.165 e. The molecule has 0 saturated heterocycles. The van der Waals surface area contributed by atoms with Crippen LogP contribution in [0, 0.1) is 0 Å². The Hall–Kier alpha value is -1.36. The summed E-state index contributed by atoms with van der Waals surface area (Å²) >= 11 is 5.63. The molecule has 2 rings (SSSR count). The van der Waals surface area contributed by atoms with Gasteiger partial charge in [-0.25, -0.2) is 15.0 Å². The Morgan fingerprint density at radius 1 is 1.12 bits per heavy atom. The Balaban J connectivity index is 1.97. The number of nitrogens with zero attached hydrogens (tertiary/aromatic N) is 4. The van der Waals surface area contributed by atoms with Gasteiger partial charge in [-0.3, -0.25) is 0 Å². The number of imidazole rings is 1. The molecule has 5 nitrogen and oxygen atoms in total. The van der Waals surface area contributed by atoms with Gasteiger partial charge in [-0.1, -0.05) is 12.8 Å². The van der Waals surface area contributed by atoms with Crippen molar-refractivity contribution in [1.29, 1.82) is 0 Å². The van der Waals surface area contributed by atoms with E-state index >= 15 is 0 Å². The van der Waals surface area contributed by atoms with Crippen molar-refractivity contribution in [3.63, 3.8) is 0 Å². The summed E-state index contributed by atoms with van der Waals surface area (Å²) in [5.41, 5.74) is 7.23. The van der Waals surface area contributed by atoms with E-state index < -0.39 is 0 Å². The number of nitrogens with two attached hydrogens (primary N) is 1. The molecule has 0 spiro atoms. The van der Waals surface area contributed by atoms with Gasteiger partial charge >= 0.3 is 0 Å². The standard InChI is InChI=1S/C11H16ClN5/c12-5-3-1-2-4-6-17-8-16-9-10(13)14-7-15-11(9)17/h7-8H,1-6H2,(H2,13,14,15). The van der Waals surface area contributed by atoms with Crippen molar-refractivity contribution >= 4 is 28.6 Å². The van der Waals surface area contributed by atoms with Gasteiger partial charge in [0.15, 0.2) is 11.5 Å². The summed E-state index contributed by atoms with van der Waals surface area (Å²) in [5.74, 6) is 1.19. The van der Waals surface area contributed by atoms with E-state index in [1.54, 1.807) is 6.33 Å². The van der Waals surface area contributed by atoms with E-state index in [0.717, 1.165) is 30.9 Å². The van der Waals surface area contributed by atoms with Crippen molar-refractivity contribution in [2.45, 2.75) is 32.2 Å². The second kappa shape index (κ2) is 5.82. The molecule has 0 fully saturated rings. The number of aromatic nitrogens is 4. The second-order valence-electron chi connectivity index (χ2n) is 3.97. The van der Waals surface area contributed by atoms with E-state index in [4.69, 9.17) is 17.3 Å². The lowest BCUT2D eigenvalue weighted by Crippen LogP contribution is -1.99. The molecular weight excluding hydrogens is 238 g/mol. The Labute approximate surface area is 105 Å². The summed E-state index contributed by atoms with van der Waals surface area (Å²) in [6, 6.07) is 0. The SMILES string of the molecule is Nc1ncnc2c1ncn2CCCCCCCl. The molecule has 0 aromatic carbocycles. The van der Waals surface area contributed by atoms with Crippen LogP contribution in [0.2, 0.25) is 0 Å². The highest BCUT2D eigenvalue weighted by molar-refractivity contribution is 6.17. The molecule has 0 radical (unpaired) electrons. The smallest absolute Gasteiger partial charge is 0.165 e. The van der Waals surface area contributed by atoms with Gasteiger partial charge in [-0.05, 0) is 12.8 Å². The summed E-state index contributed by atoms with van der Waals surface area (Å²) in [7, 11) is 0. The van der Waals surface area contributed by atoms with E-state index in [2.05, 4.69) is 15.0 Å². The van der Waals surface area contributed by atoms with Gasteiger partial charge in [0.1, 0.15) is 11.8 Å². The van der Waals surface area contributed by atoms with Crippen LogP contribution in [0.25, 0.3) is 11.2 Å². The summed E-state index contributed by atoms with van der Waals surface area (Å²) in [6.07, 6.45) is 7.79. The number of hydrogen-bond acceptors (Lipinski definition) is 4. The van der Waals surface area contributed by atoms with Gasteiger partial charge in [-0.2, -0.15) is 0 Å². The molecule has 2 aromatic heterocycles. The number of fused-ring (bicyclic) bond motifs is 1. The van der Waals surface area contributed by atoms with Crippen molar-refractivity contribution in [2.75, 3.05) is 11.6 Å². The molecule has 2 aromatic rings. The van der Waals surface area contributed by atoms with E-state index in [9.17, 15) is 0 Å². The minimum absolute atomic E-state index is 0.441. The summed E-state index contributed by atoms with van der Waals surface area (Å²) < 4.78 is 2.02. The Morgan fingerprint density at radius 2 is 1.94 bits per heavy atom. The molecule has 2 heterocycles. The predicted octanol–water partition coefficient (Wildman–Crippen LogP) is 2.21. The minimum atomic E-state index is 0.441. The first-order valence-corrected chi connectivity index (χ1v) is 6.33. The largest absolute Gasteiger partial charge is 0.382 e. The van der Waals surface area contributed by atoms with Crippen LogP contribution < -0.4 is 5.73 Å². The van der Waals surface area contributed by atoms with Crippen LogP contribution in [0.5, 0.6) is 0 Å². The second-order valence-corrected chi connectivity index (χ2v) is 4.35.